The standard InChI is InChI=1S/C14H24/c1-9(2)7-14-8-10(3)11(4)12(5)13(14)6/h7-8,10-13H,1-6H3. The van der Waals surface area contributed by atoms with Crippen LogP contribution in [0.25, 0.3) is 0 Å². The van der Waals surface area contributed by atoms with Gasteiger partial charge in [-0.3, -0.25) is 0 Å². The Labute approximate surface area is 89.1 Å². The van der Waals surface area contributed by atoms with Crippen LogP contribution in [0.3, 0.4) is 0 Å². The fourth-order valence-electron chi connectivity index (χ4n) is 2.36. The van der Waals surface area contributed by atoms with Crippen LogP contribution in [0, 0.1) is 23.7 Å². The highest BCUT2D eigenvalue weighted by Crippen LogP contribution is 2.38. The van der Waals surface area contributed by atoms with Gasteiger partial charge in [-0.2, -0.15) is 0 Å². The Morgan fingerprint density at radius 2 is 1.64 bits per heavy atom. The number of allylic oxidation sites excluding steroid dienone is 4. The molecule has 0 radical (unpaired) electrons. The van der Waals surface area contributed by atoms with Gasteiger partial charge in [0.05, 0.1) is 0 Å². The van der Waals surface area contributed by atoms with Crippen molar-refractivity contribution in [2.45, 2.75) is 41.5 Å². The maximum Gasteiger partial charge on any atom is -0.0165 e. The number of hydrogen-bond acceptors (Lipinski definition) is 0. The van der Waals surface area contributed by atoms with E-state index in [1.165, 1.54) is 5.57 Å². The van der Waals surface area contributed by atoms with Crippen molar-refractivity contribution in [3.63, 3.8) is 0 Å². The summed E-state index contributed by atoms with van der Waals surface area (Å²) in [5.41, 5.74) is 2.96. The Morgan fingerprint density at radius 1 is 1.07 bits per heavy atom. The first-order valence-corrected chi connectivity index (χ1v) is 5.80. The molecule has 80 valence electrons. The molecule has 0 heterocycles. The molecule has 0 aromatic rings. The molecule has 0 amide bonds. The maximum atomic E-state index is 2.46. The fraction of sp³-hybridized carbons (Fsp3) is 0.714. The van der Waals surface area contributed by atoms with Crippen molar-refractivity contribution in [3.05, 3.63) is 23.3 Å². The molecule has 0 saturated heterocycles. The van der Waals surface area contributed by atoms with E-state index in [0.717, 1.165) is 23.7 Å². The summed E-state index contributed by atoms with van der Waals surface area (Å²) in [7, 11) is 0. The van der Waals surface area contributed by atoms with Gasteiger partial charge in [-0.25, -0.2) is 0 Å². The number of rotatable bonds is 1. The Hall–Kier alpha value is -0.520. The molecule has 0 aliphatic heterocycles. The summed E-state index contributed by atoms with van der Waals surface area (Å²) >= 11 is 0. The van der Waals surface area contributed by atoms with Crippen LogP contribution in [0.5, 0.6) is 0 Å². The predicted octanol–water partition coefficient (Wildman–Crippen LogP) is 4.44. The zero-order chi connectivity index (χ0) is 10.9. The van der Waals surface area contributed by atoms with Gasteiger partial charge in [-0.05, 0) is 43.1 Å². The Kier molecular flexibility index (Phi) is 3.58. The largest absolute Gasteiger partial charge is 0.0779 e. The molecule has 0 spiro atoms. The van der Waals surface area contributed by atoms with Gasteiger partial charge in [0, 0.05) is 0 Å². The highest BCUT2D eigenvalue weighted by atomic mass is 14.3. The van der Waals surface area contributed by atoms with Crippen molar-refractivity contribution >= 4 is 0 Å². The van der Waals surface area contributed by atoms with E-state index in [1.807, 2.05) is 0 Å². The molecule has 0 bridgehead atoms. The SMILES string of the molecule is CC(C)=CC1=CC(C)C(C)C(C)C1C. The summed E-state index contributed by atoms with van der Waals surface area (Å²) in [6.45, 7) is 13.8. The molecule has 0 N–H and O–H groups in total. The van der Waals surface area contributed by atoms with Gasteiger partial charge in [-0.15, -0.1) is 0 Å². The zero-order valence-corrected chi connectivity index (χ0v) is 10.5. The second kappa shape index (κ2) is 4.33. The van der Waals surface area contributed by atoms with Gasteiger partial charge in [0.15, 0.2) is 0 Å². The molecule has 4 unspecified atom stereocenters. The van der Waals surface area contributed by atoms with E-state index in [0.29, 0.717) is 0 Å². The normalized spacial score (nSPS) is 37.7. The molecular formula is C14H24. The van der Waals surface area contributed by atoms with E-state index >= 15 is 0 Å². The van der Waals surface area contributed by atoms with Crippen LogP contribution >= 0.6 is 0 Å². The summed E-state index contributed by atoms with van der Waals surface area (Å²) in [5.74, 6) is 3.07. The Morgan fingerprint density at radius 3 is 2.14 bits per heavy atom. The van der Waals surface area contributed by atoms with Crippen molar-refractivity contribution < 1.29 is 0 Å². The van der Waals surface area contributed by atoms with Gasteiger partial charge in [0.2, 0.25) is 0 Å². The van der Waals surface area contributed by atoms with Crippen LogP contribution in [0.2, 0.25) is 0 Å². The molecule has 1 aliphatic rings. The van der Waals surface area contributed by atoms with Crippen LogP contribution in [0.15, 0.2) is 23.3 Å². The highest BCUT2D eigenvalue weighted by molar-refractivity contribution is 5.27. The van der Waals surface area contributed by atoms with E-state index < -0.39 is 0 Å². The zero-order valence-electron chi connectivity index (χ0n) is 10.5. The minimum Gasteiger partial charge on any atom is -0.0779 e. The van der Waals surface area contributed by atoms with Crippen molar-refractivity contribution in [2.24, 2.45) is 23.7 Å². The lowest BCUT2D eigenvalue weighted by molar-refractivity contribution is 0.242. The number of hydrogen-bond donors (Lipinski definition) is 0. The summed E-state index contributed by atoms with van der Waals surface area (Å²) in [6, 6.07) is 0. The molecule has 0 saturated carbocycles. The van der Waals surface area contributed by atoms with Crippen molar-refractivity contribution in [2.75, 3.05) is 0 Å². The van der Waals surface area contributed by atoms with Crippen molar-refractivity contribution in [1.29, 1.82) is 0 Å². The second-order valence-electron chi connectivity index (χ2n) is 5.25. The third kappa shape index (κ3) is 2.29. The lowest BCUT2D eigenvalue weighted by atomic mass is 9.70. The average molecular weight is 192 g/mol. The molecular weight excluding hydrogens is 168 g/mol. The van der Waals surface area contributed by atoms with Crippen LogP contribution in [-0.2, 0) is 0 Å². The van der Waals surface area contributed by atoms with Crippen molar-refractivity contribution in [3.8, 4) is 0 Å². The van der Waals surface area contributed by atoms with Crippen LogP contribution in [0.1, 0.15) is 41.5 Å². The first kappa shape index (κ1) is 11.6. The third-order valence-corrected chi connectivity index (χ3v) is 3.88. The Bertz CT molecular complexity index is 253. The monoisotopic (exact) mass is 192 g/mol. The molecule has 0 heteroatoms. The topological polar surface area (TPSA) is 0 Å². The maximum absolute atomic E-state index is 2.46. The summed E-state index contributed by atoms with van der Waals surface area (Å²) in [4.78, 5) is 0. The Balaban J connectivity index is 2.95. The summed E-state index contributed by atoms with van der Waals surface area (Å²) in [6.07, 6.45) is 4.81. The molecule has 0 aromatic carbocycles. The van der Waals surface area contributed by atoms with E-state index in [-0.39, 0.29) is 0 Å². The summed E-state index contributed by atoms with van der Waals surface area (Å²) in [5, 5.41) is 0. The predicted molar refractivity (Wildman–Crippen MR) is 64.2 cm³/mol. The molecule has 0 nitrogen and oxygen atoms in total. The lowest BCUT2D eigenvalue weighted by Crippen LogP contribution is -2.27. The quantitative estimate of drug-likeness (QED) is 0.576. The molecule has 14 heavy (non-hydrogen) atoms. The smallest absolute Gasteiger partial charge is 0.0165 e. The van der Waals surface area contributed by atoms with Gasteiger partial charge in [0.1, 0.15) is 0 Å². The molecule has 4 atom stereocenters. The van der Waals surface area contributed by atoms with Crippen LogP contribution < -0.4 is 0 Å². The third-order valence-electron chi connectivity index (χ3n) is 3.88. The average Bonchev–Trinajstić information content (AvgIpc) is 2.10. The van der Waals surface area contributed by atoms with Crippen LogP contribution in [0.4, 0.5) is 0 Å². The first-order chi connectivity index (χ1) is 6.43. The first-order valence-electron chi connectivity index (χ1n) is 5.80. The summed E-state index contributed by atoms with van der Waals surface area (Å²) < 4.78 is 0. The molecule has 1 rings (SSSR count). The minimum atomic E-state index is 0.719. The van der Waals surface area contributed by atoms with Gasteiger partial charge in [0.25, 0.3) is 0 Å². The van der Waals surface area contributed by atoms with Gasteiger partial charge < -0.3 is 0 Å². The fourth-order valence-corrected chi connectivity index (χ4v) is 2.36. The highest BCUT2D eigenvalue weighted by Gasteiger charge is 2.28. The lowest BCUT2D eigenvalue weighted by Gasteiger charge is -2.35. The molecule has 1 aliphatic carbocycles. The van der Waals surface area contributed by atoms with E-state index in [2.05, 4.69) is 53.7 Å². The van der Waals surface area contributed by atoms with Crippen LogP contribution in [-0.4, -0.2) is 0 Å². The molecule has 0 aromatic heterocycles. The van der Waals surface area contributed by atoms with Gasteiger partial charge >= 0.3 is 0 Å². The van der Waals surface area contributed by atoms with E-state index in [4.69, 9.17) is 0 Å². The minimum absolute atomic E-state index is 0.719. The van der Waals surface area contributed by atoms with E-state index in [9.17, 15) is 0 Å². The van der Waals surface area contributed by atoms with E-state index in [1.54, 1.807) is 5.57 Å². The molecule has 0 fully saturated rings. The second-order valence-corrected chi connectivity index (χ2v) is 5.25. The van der Waals surface area contributed by atoms with Crippen molar-refractivity contribution in [1.82, 2.24) is 0 Å². The van der Waals surface area contributed by atoms with Gasteiger partial charge in [-0.1, -0.05) is 45.4 Å².